The van der Waals surface area contributed by atoms with Gasteiger partial charge in [0.1, 0.15) is 6.17 Å². The molecule has 92 valence electrons. The second-order valence-electron chi connectivity index (χ2n) is 5.08. The number of likely N-dealkylation sites (tertiary alicyclic amines) is 1. The van der Waals surface area contributed by atoms with Crippen LogP contribution in [0.15, 0.2) is 36.8 Å². The van der Waals surface area contributed by atoms with E-state index in [0.717, 1.165) is 19.5 Å². The van der Waals surface area contributed by atoms with E-state index in [9.17, 15) is 5.11 Å². The van der Waals surface area contributed by atoms with E-state index in [2.05, 4.69) is 38.7 Å². The van der Waals surface area contributed by atoms with Crippen LogP contribution in [0, 0.1) is 0 Å². The molecule has 0 amide bonds. The summed E-state index contributed by atoms with van der Waals surface area (Å²) < 4.78 is 2.21. The van der Waals surface area contributed by atoms with Crippen molar-refractivity contribution in [1.82, 2.24) is 14.5 Å². The first-order valence-corrected chi connectivity index (χ1v) is 6.38. The lowest BCUT2D eigenvalue weighted by molar-refractivity contribution is 0.152. The second kappa shape index (κ2) is 3.67. The zero-order chi connectivity index (χ0) is 12.1. The van der Waals surface area contributed by atoms with E-state index in [1.54, 1.807) is 0 Å². The molecule has 2 aromatic rings. The highest BCUT2D eigenvalue weighted by atomic mass is 16.3. The Hall–Kier alpha value is -1.65. The number of β-amino-alcohol motifs (C(OH)–C–C–N with tert-alkyl or cyclic N) is 1. The molecule has 1 aromatic carbocycles. The molecule has 0 radical (unpaired) electrons. The van der Waals surface area contributed by atoms with Crippen molar-refractivity contribution in [3.63, 3.8) is 0 Å². The van der Waals surface area contributed by atoms with Crippen LogP contribution in [-0.4, -0.2) is 38.8 Å². The first-order valence-electron chi connectivity index (χ1n) is 6.38. The summed E-state index contributed by atoms with van der Waals surface area (Å²) in [6, 6.07) is 8.47. The fourth-order valence-corrected chi connectivity index (χ4v) is 3.18. The quantitative estimate of drug-likeness (QED) is 0.822. The fourth-order valence-electron chi connectivity index (χ4n) is 3.18. The molecule has 4 nitrogen and oxygen atoms in total. The Morgan fingerprint density at radius 1 is 1.28 bits per heavy atom. The number of nitrogens with zero attached hydrogens (tertiary/aromatic N) is 3. The minimum Gasteiger partial charge on any atom is -0.392 e. The Kier molecular flexibility index (Phi) is 2.10. The van der Waals surface area contributed by atoms with Crippen molar-refractivity contribution < 1.29 is 5.11 Å². The van der Waals surface area contributed by atoms with Crippen molar-refractivity contribution in [2.75, 3.05) is 13.1 Å². The summed E-state index contributed by atoms with van der Waals surface area (Å²) in [6.07, 6.45) is 4.69. The van der Waals surface area contributed by atoms with Crippen LogP contribution in [0.1, 0.15) is 18.2 Å². The largest absolute Gasteiger partial charge is 0.392 e. The van der Waals surface area contributed by atoms with E-state index >= 15 is 0 Å². The molecule has 1 aromatic heterocycles. The SMILES string of the molecule is OC1CCN([C@H]2c3ccccc3-c3cncn32)C1. The van der Waals surface area contributed by atoms with Crippen molar-refractivity contribution in [3.8, 4) is 11.3 Å². The first-order chi connectivity index (χ1) is 8.84. The highest BCUT2D eigenvalue weighted by Gasteiger charge is 2.35. The Balaban J connectivity index is 1.84. The van der Waals surface area contributed by atoms with Crippen LogP contribution in [0.2, 0.25) is 0 Å². The maximum absolute atomic E-state index is 9.74. The molecule has 1 N–H and O–H groups in total. The van der Waals surface area contributed by atoms with Gasteiger partial charge in [-0.15, -0.1) is 0 Å². The van der Waals surface area contributed by atoms with Gasteiger partial charge < -0.3 is 9.67 Å². The van der Waals surface area contributed by atoms with Gasteiger partial charge in [-0.3, -0.25) is 4.90 Å². The van der Waals surface area contributed by atoms with Gasteiger partial charge in [0, 0.05) is 18.7 Å². The van der Waals surface area contributed by atoms with Gasteiger partial charge >= 0.3 is 0 Å². The average molecular weight is 241 g/mol. The third-order valence-corrected chi connectivity index (χ3v) is 3.99. The number of hydrogen-bond donors (Lipinski definition) is 1. The van der Waals surface area contributed by atoms with Crippen LogP contribution in [0.4, 0.5) is 0 Å². The zero-order valence-electron chi connectivity index (χ0n) is 10.0. The van der Waals surface area contributed by atoms with Gasteiger partial charge in [0.05, 0.1) is 24.3 Å². The number of benzene rings is 1. The molecular formula is C14H15N3O. The van der Waals surface area contributed by atoms with E-state index in [1.165, 1.54) is 16.8 Å². The Morgan fingerprint density at radius 2 is 2.17 bits per heavy atom. The summed E-state index contributed by atoms with van der Waals surface area (Å²) in [5.41, 5.74) is 3.77. The predicted octanol–water partition coefficient (Wildman–Crippen LogP) is 1.48. The lowest BCUT2D eigenvalue weighted by atomic mass is 10.1. The normalized spacial score (nSPS) is 26.3. The molecule has 4 heteroatoms. The van der Waals surface area contributed by atoms with Crippen molar-refractivity contribution in [2.24, 2.45) is 0 Å². The molecule has 18 heavy (non-hydrogen) atoms. The number of aliphatic hydroxyl groups is 1. The topological polar surface area (TPSA) is 41.3 Å². The van der Waals surface area contributed by atoms with Crippen LogP contribution in [0.25, 0.3) is 11.3 Å². The van der Waals surface area contributed by atoms with Crippen molar-refractivity contribution >= 4 is 0 Å². The molecular weight excluding hydrogens is 226 g/mol. The predicted molar refractivity (Wildman–Crippen MR) is 68.0 cm³/mol. The molecule has 2 aliphatic heterocycles. The summed E-state index contributed by atoms with van der Waals surface area (Å²) in [5, 5.41) is 9.74. The summed E-state index contributed by atoms with van der Waals surface area (Å²) in [6.45, 7) is 1.69. The summed E-state index contributed by atoms with van der Waals surface area (Å²) in [7, 11) is 0. The number of aromatic nitrogens is 2. The summed E-state index contributed by atoms with van der Waals surface area (Å²) in [4.78, 5) is 6.59. The van der Waals surface area contributed by atoms with Crippen LogP contribution >= 0.6 is 0 Å². The van der Waals surface area contributed by atoms with Crippen LogP contribution in [0.5, 0.6) is 0 Å². The number of rotatable bonds is 1. The van der Waals surface area contributed by atoms with E-state index in [0.29, 0.717) is 0 Å². The summed E-state index contributed by atoms with van der Waals surface area (Å²) >= 11 is 0. The molecule has 0 aliphatic carbocycles. The second-order valence-corrected chi connectivity index (χ2v) is 5.08. The van der Waals surface area contributed by atoms with Crippen LogP contribution in [0.3, 0.4) is 0 Å². The van der Waals surface area contributed by atoms with Gasteiger partial charge in [0.25, 0.3) is 0 Å². The lowest BCUT2D eigenvalue weighted by Crippen LogP contribution is -2.30. The monoisotopic (exact) mass is 241 g/mol. The molecule has 2 aliphatic rings. The van der Waals surface area contributed by atoms with Crippen LogP contribution < -0.4 is 0 Å². The third kappa shape index (κ3) is 1.30. The molecule has 2 atom stereocenters. The van der Waals surface area contributed by atoms with Gasteiger partial charge in [-0.25, -0.2) is 4.98 Å². The standard InChI is InChI=1S/C14H15N3O/c18-10-5-6-16(8-10)14-12-4-2-1-3-11(12)13-7-15-9-17(13)14/h1-4,7,9-10,14,18H,5-6,8H2/t10?,14-/m1/s1. The molecule has 1 fully saturated rings. The molecule has 0 spiro atoms. The molecule has 4 rings (SSSR count). The van der Waals surface area contributed by atoms with Gasteiger partial charge in [-0.2, -0.15) is 0 Å². The van der Waals surface area contributed by atoms with Crippen LogP contribution in [-0.2, 0) is 0 Å². The van der Waals surface area contributed by atoms with Gasteiger partial charge in [0.15, 0.2) is 0 Å². The minimum absolute atomic E-state index is 0.190. The first kappa shape index (κ1) is 10.3. The molecule has 3 heterocycles. The van der Waals surface area contributed by atoms with Crippen molar-refractivity contribution in [1.29, 1.82) is 0 Å². The zero-order valence-corrected chi connectivity index (χ0v) is 10.0. The van der Waals surface area contributed by atoms with Crippen molar-refractivity contribution in [3.05, 3.63) is 42.4 Å². The molecule has 1 saturated heterocycles. The number of imidazole rings is 1. The van der Waals surface area contributed by atoms with E-state index in [-0.39, 0.29) is 12.3 Å². The smallest absolute Gasteiger partial charge is 0.115 e. The Bertz CT molecular complexity index is 592. The van der Waals surface area contributed by atoms with Crippen molar-refractivity contribution in [2.45, 2.75) is 18.7 Å². The van der Waals surface area contributed by atoms with Gasteiger partial charge in [-0.05, 0) is 12.0 Å². The highest BCUT2D eigenvalue weighted by Crippen LogP contribution is 2.41. The Labute approximate surface area is 105 Å². The van der Waals surface area contributed by atoms with E-state index < -0.39 is 0 Å². The number of hydrogen-bond acceptors (Lipinski definition) is 3. The van der Waals surface area contributed by atoms with E-state index in [4.69, 9.17) is 0 Å². The Morgan fingerprint density at radius 3 is 3.00 bits per heavy atom. The highest BCUT2D eigenvalue weighted by molar-refractivity contribution is 5.68. The maximum Gasteiger partial charge on any atom is 0.115 e. The third-order valence-electron chi connectivity index (χ3n) is 3.99. The minimum atomic E-state index is -0.190. The molecule has 0 bridgehead atoms. The maximum atomic E-state index is 9.74. The fraction of sp³-hybridized carbons (Fsp3) is 0.357. The summed E-state index contributed by atoms with van der Waals surface area (Å²) in [5.74, 6) is 0. The average Bonchev–Trinajstić information content (AvgIpc) is 3.04. The molecule has 0 saturated carbocycles. The molecule has 1 unspecified atom stereocenters. The van der Waals surface area contributed by atoms with E-state index in [1.807, 2.05) is 12.5 Å². The number of fused-ring (bicyclic) bond motifs is 3. The lowest BCUT2D eigenvalue weighted by Gasteiger charge is -2.26. The van der Waals surface area contributed by atoms with Gasteiger partial charge in [-0.1, -0.05) is 24.3 Å². The number of aliphatic hydroxyl groups excluding tert-OH is 1. The van der Waals surface area contributed by atoms with Gasteiger partial charge in [0.2, 0.25) is 0 Å².